The number of hydrogen-bond acceptors (Lipinski definition) is 5. The molecule has 2 aromatic rings. The van der Waals surface area contributed by atoms with Crippen molar-refractivity contribution in [3.8, 4) is 0 Å². The van der Waals surface area contributed by atoms with Crippen LogP contribution in [0, 0.1) is 6.92 Å². The van der Waals surface area contributed by atoms with Gasteiger partial charge in [-0.2, -0.15) is 0 Å². The van der Waals surface area contributed by atoms with E-state index >= 15 is 0 Å². The molecule has 0 unspecified atom stereocenters. The van der Waals surface area contributed by atoms with Crippen LogP contribution in [0.25, 0.3) is 0 Å². The molecule has 114 valence electrons. The average molecular weight is 302 g/mol. The third-order valence-electron chi connectivity index (χ3n) is 2.87. The largest absolute Gasteiger partial charge is 0.469 e. The van der Waals surface area contributed by atoms with Crippen molar-refractivity contribution in [2.45, 2.75) is 6.92 Å². The van der Waals surface area contributed by atoms with Gasteiger partial charge in [0.1, 0.15) is 11.3 Å². The first-order valence-electron chi connectivity index (χ1n) is 6.38. The van der Waals surface area contributed by atoms with Crippen LogP contribution in [-0.4, -0.2) is 24.4 Å². The number of carbonyl (C=O) groups excluding carboxylic acids is 3. The zero-order valence-corrected chi connectivity index (χ0v) is 11.8. The highest BCUT2D eigenvalue weighted by Crippen LogP contribution is 2.11. The summed E-state index contributed by atoms with van der Waals surface area (Å²) in [6.07, 6.45) is 1.37. The molecule has 7 nitrogen and oxygen atoms in total. The van der Waals surface area contributed by atoms with Crippen molar-refractivity contribution < 1.29 is 23.5 Å². The van der Waals surface area contributed by atoms with Crippen LogP contribution < -0.4 is 11.1 Å². The number of benzene rings is 1. The van der Waals surface area contributed by atoms with Crippen molar-refractivity contribution in [1.82, 2.24) is 0 Å². The van der Waals surface area contributed by atoms with Crippen molar-refractivity contribution >= 4 is 23.5 Å². The van der Waals surface area contributed by atoms with E-state index in [4.69, 9.17) is 14.9 Å². The summed E-state index contributed by atoms with van der Waals surface area (Å²) < 4.78 is 9.86. The van der Waals surface area contributed by atoms with Crippen LogP contribution >= 0.6 is 0 Å². The summed E-state index contributed by atoms with van der Waals surface area (Å²) in [5.41, 5.74) is 6.19. The highest BCUT2D eigenvalue weighted by molar-refractivity contribution is 5.97. The standard InChI is InChI=1S/C15H14N2O5/c1-9-12(6-7-21-9)15(20)22-8-13(18)17-11-4-2-10(3-5-11)14(16)19/h2-7H,8H2,1H3,(H2,16,19)(H,17,18). The average Bonchev–Trinajstić information content (AvgIpc) is 2.91. The number of esters is 1. The van der Waals surface area contributed by atoms with E-state index in [1.165, 1.54) is 36.6 Å². The Kier molecular flexibility index (Phi) is 4.57. The van der Waals surface area contributed by atoms with E-state index in [1.807, 2.05) is 0 Å². The third-order valence-corrected chi connectivity index (χ3v) is 2.87. The first kappa shape index (κ1) is 15.3. The highest BCUT2D eigenvalue weighted by atomic mass is 16.5. The molecular formula is C15H14N2O5. The Hall–Kier alpha value is -3.09. The molecule has 0 aliphatic heterocycles. The van der Waals surface area contributed by atoms with Crippen LogP contribution in [0.2, 0.25) is 0 Å². The van der Waals surface area contributed by atoms with Crippen LogP contribution in [-0.2, 0) is 9.53 Å². The number of nitrogens with two attached hydrogens (primary N) is 1. The molecule has 0 saturated heterocycles. The Labute approximate surface area is 126 Å². The predicted molar refractivity (Wildman–Crippen MR) is 77.3 cm³/mol. The van der Waals surface area contributed by atoms with E-state index in [2.05, 4.69) is 5.32 Å². The lowest BCUT2D eigenvalue weighted by Gasteiger charge is -2.06. The Bertz CT molecular complexity index is 703. The lowest BCUT2D eigenvalue weighted by Crippen LogP contribution is -2.21. The number of rotatable bonds is 5. The number of anilines is 1. The van der Waals surface area contributed by atoms with Crippen LogP contribution in [0.5, 0.6) is 0 Å². The fourth-order valence-electron chi connectivity index (χ4n) is 1.72. The van der Waals surface area contributed by atoms with E-state index in [0.29, 0.717) is 17.0 Å². The molecule has 0 radical (unpaired) electrons. The normalized spacial score (nSPS) is 10.0. The van der Waals surface area contributed by atoms with Gasteiger partial charge in [0.2, 0.25) is 5.91 Å². The highest BCUT2D eigenvalue weighted by Gasteiger charge is 2.14. The van der Waals surface area contributed by atoms with Crippen molar-refractivity contribution in [3.05, 3.63) is 53.5 Å². The van der Waals surface area contributed by atoms with Gasteiger partial charge in [-0.05, 0) is 37.3 Å². The number of nitrogens with one attached hydrogen (secondary N) is 1. The fourth-order valence-corrected chi connectivity index (χ4v) is 1.72. The van der Waals surface area contributed by atoms with Gasteiger partial charge < -0.3 is 20.2 Å². The topological polar surface area (TPSA) is 112 Å². The lowest BCUT2D eigenvalue weighted by atomic mass is 10.2. The summed E-state index contributed by atoms with van der Waals surface area (Å²) in [6.45, 7) is 1.19. The monoisotopic (exact) mass is 302 g/mol. The molecule has 0 fully saturated rings. The van der Waals surface area contributed by atoms with Gasteiger partial charge in [0, 0.05) is 11.3 Å². The molecule has 0 aliphatic rings. The number of hydrogen-bond donors (Lipinski definition) is 2. The zero-order valence-electron chi connectivity index (χ0n) is 11.8. The van der Waals surface area contributed by atoms with E-state index in [-0.39, 0.29) is 5.56 Å². The minimum absolute atomic E-state index is 0.276. The maximum atomic E-state index is 11.7. The SMILES string of the molecule is Cc1occc1C(=O)OCC(=O)Nc1ccc(C(N)=O)cc1. The summed E-state index contributed by atoms with van der Waals surface area (Å²) >= 11 is 0. The van der Waals surface area contributed by atoms with Crippen LogP contribution in [0.3, 0.4) is 0 Å². The summed E-state index contributed by atoms with van der Waals surface area (Å²) in [5.74, 6) is -1.26. The Morgan fingerprint density at radius 1 is 1.18 bits per heavy atom. The number of carbonyl (C=O) groups is 3. The molecule has 0 spiro atoms. The number of furan rings is 1. The fraction of sp³-hybridized carbons (Fsp3) is 0.133. The van der Waals surface area contributed by atoms with Gasteiger partial charge in [0.15, 0.2) is 6.61 Å². The Morgan fingerprint density at radius 3 is 2.41 bits per heavy atom. The number of aryl methyl sites for hydroxylation is 1. The van der Waals surface area contributed by atoms with E-state index in [1.54, 1.807) is 6.92 Å². The molecule has 22 heavy (non-hydrogen) atoms. The molecule has 0 atom stereocenters. The van der Waals surface area contributed by atoms with Gasteiger partial charge in [-0.25, -0.2) is 4.79 Å². The quantitative estimate of drug-likeness (QED) is 0.812. The van der Waals surface area contributed by atoms with Crippen molar-refractivity contribution in [2.24, 2.45) is 5.73 Å². The second kappa shape index (κ2) is 6.57. The molecule has 7 heteroatoms. The van der Waals surface area contributed by atoms with Crippen molar-refractivity contribution in [2.75, 3.05) is 11.9 Å². The van der Waals surface area contributed by atoms with Gasteiger partial charge in [-0.15, -0.1) is 0 Å². The van der Waals surface area contributed by atoms with E-state index in [9.17, 15) is 14.4 Å². The van der Waals surface area contributed by atoms with Crippen LogP contribution in [0.15, 0.2) is 41.0 Å². The number of ether oxygens (including phenoxy) is 1. The molecule has 1 aromatic carbocycles. The van der Waals surface area contributed by atoms with E-state index in [0.717, 1.165) is 0 Å². The summed E-state index contributed by atoms with van der Waals surface area (Å²) in [6, 6.07) is 7.50. The third kappa shape index (κ3) is 3.72. The minimum atomic E-state index is -0.634. The molecule has 2 rings (SSSR count). The summed E-state index contributed by atoms with van der Waals surface area (Å²) in [7, 11) is 0. The molecule has 1 aromatic heterocycles. The maximum absolute atomic E-state index is 11.7. The second-order valence-corrected chi connectivity index (χ2v) is 4.46. The van der Waals surface area contributed by atoms with Gasteiger partial charge in [-0.1, -0.05) is 0 Å². The number of amides is 2. The van der Waals surface area contributed by atoms with Gasteiger partial charge in [0.25, 0.3) is 5.91 Å². The second-order valence-electron chi connectivity index (χ2n) is 4.46. The van der Waals surface area contributed by atoms with Crippen LogP contribution in [0.4, 0.5) is 5.69 Å². The maximum Gasteiger partial charge on any atom is 0.342 e. The van der Waals surface area contributed by atoms with Crippen molar-refractivity contribution in [3.63, 3.8) is 0 Å². The lowest BCUT2D eigenvalue weighted by molar-refractivity contribution is -0.119. The summed E-state index contributed by atoms with van der Waals surface area (Å²) in [4.78, 5) is 34.3. The molecule has 0 aliphatic carbocycles. The molecule has 1 heterocycles. The molecule has 2 amide bonds. The van der Waals surface area contributed by atoms with Crippen LogP contribution in [0.1, 0.15) is 26.5 Å². The van der Waals surface area contributed by atoms with Gasteiger partial charge in [-0.3, -0.25) is 9.59 Å². The Balaban J connectivity index is 1.86. The first-order valence-corrected chi connectivity index (χ1v) is 6.38. The van der Waals surface area contributed by atoms with E-state index < -0.39 is 24.4 Å². The smallest absolute Gasteiger partial charge is 0.342 e. The molecular weight excluding hydrogens is 288 g/mol. The molecule has 3 N–H and O–H groups in total. The van der Waals surface area contributed by atoms with Crippen molar-refractivity contribution in [1.29, 1.82) is 0 Å². The predicted octanol–water partition coefficient (Wildman–Crippen LogP) is 1.48. The molecule has 0 saturated carbocycles. The zero-order chi connectivity index (χ0) is 16.1. The summed E-state index contributed by atoms with van der Waals surface area (Å²) in [5, 5.41) is 2.53. The number of primary amides is 1. The Morgan fingerprint density at radius 2 is 1.86 bits per heavy atom. The minimum Gasteiger partial charge on any atom is -0.469 e. The van der Waals surface area contributed by atoms with Gasteiger partial charge in [0.05, 0.1) is 6.26 Å². The van der Waals surface area contributed by atoms with Gasteiger partial charge >= 0.3 is 5.97 Å². The molecule has 0 bridgehead atoms. The first-order chi connectivity index (χ1) is 10.5.